The lowest BCUT2D eigenvalue weighted by Crippen LogP contribution is -2.44. The quantitative estimate of drug-likeness (QED) is 0.483. The normalized spacial score (nSPS) is 15.3. The Morgan fingerprint density at radius 2 is 1.88 bits per heavy atom. The number of cyclic esters (lactones) is 1. The van der Waals surface area contributed by atoms with Crippen LogP contribution in [0.5, 0.6) is 0 Å². The summed E-state index contributed by atoms with van der Waals surface area (Å²) in [4.78, 5) is 27.2. The molecule has 33 heavy (non-hydrogen) atoms. The van der Waals surface area contributed by atoms with Gasteiger partial charge in [0.2, 0.25) is 5.91 Å². The minimum atomic E-state index is -5.39. The standard InChI is InChI=1S/C17H13F6N3O5S2/c18-16(19,20)9-1-2-12(11(5-9)17(21,22)23)33(29,30)25-15-24-7-10(32-15)6-13(27)26-3-4-31-14(28)8-26/h1-2,5,7H,3-4,6,8H2,(H,24,25). The van der Waals surface area contributed by atoms with E-state index in [1.54, 1.807) is 4.72 Å². The molecule has 0 spiro atoms. The molecule has 1 saturated heterocycles. The van der Waals surface area contributed by atoms with Crippen LogP contribution in [0, 0.1) is 0 Å². The smallest absolute Gasteiger partial charge is 0.417 e. The van der Waals surface area contributed by atoms with Crippen LogP contribution in [-0.4, -0.2) is 49.9 Å². The molecule has 180 valence electrons. The van der Waals surface area contributed by atoms with Crippen molar-refractivity contribution in [2.45, 2.75) is 23.7 Å². The van der Waals surface area contributed by atoms with Crippen LogP contribution in [0.1, 0.15) is 16.0 Å². The molecule has 2 aromatic rings. The van der Waals surface area contributed by atoms with E-state index in [9.17, 15) is 44.3 Å². The van der Waals surface area contributed by atoms with Crippen LogP contribution in [0.3, 0.4) is 0 Å². The maximum absolute atomic E-state index is 13.3. The molecule has 0 bridgehead atoms. The summed E-state index contributed by atoms with van der Waals surface area (Å²) in [5, 5.41) is -0.399. The lowest BCUT2D eigenvalue weighted by Gasteiger charge is -2.25. The zero-order valence-electron chi connectivity index (χ0n) is 16.2. The maximum atomic E-state index is 13.3. The first-order valence-electron chi connectivity index (χ1n) is 8.86. The third-order valence-electron chi connectivity index (χ3n) is 4.30. The van der Waals surface area contributed by atoms with Crippen molar-refractivity contribution in [2.75, 3.05) is 24.4 Å². The molecule has 3 rings (SSSR count). The topological polar surface area (TPSA) is 106 Å². The van der Waals surface area contributed by atoms with Crippen molar-refractivity contribution in [1.82, 2.24) is 9.88 Å². The SMILES string of the molecule is O=C1CN(C(=O)Cc2cnc(NS(=O)(=O)c3ccc(C(F)(F)F)cc3C(F)(F)F)s2)CCO1. The van der Waals surface area contributed by atoms with E-state index >= 15 is 0 Å². The summed E-state index contributed by atoms with van der Waals surface area (Å²) in [6.45, 7) is -0.0742. The summed E-state index contributed by atoms with van der Waals surface area (Å²) in [6, 6.07) is 0.144. The van der Waals surface area contributed by atoms with Gasteiger partial charge in [0.25, 0.3) is 10.0 Å². The lowest BCUT2D eigenvalue weighted by atomic mass is 10.1. The summed E-state index contributed by atoms with van der Waals surface area (Å²) < 4.78 is 110. The van der Waals surface area contributed by atoms with Gasteiger partial charge in [-0.25, -0.2) is 13.4 Å². The fourth-order valence-electron chi connectivity index (χ4n) is 2.79. The van der Waals surface area contributed by atoms with E-state index in [0.29, 0.717) is 11.3 Å². The molecule has 1 aliphatic heterocycles. The predicted molar refractivity (Wildman–Crippen MR) is 101 cm³/mol. The molecule has 1 amide bonds. The number of carbonyl (C=O) groups is 2. The zero-order chi connectivity index (χ0) is 24.6. The number of nitrogens with one attached hydrogen (secondary N) is 1. The number of thiazole rings is 1. The van der Waals surface area contributed by atoms with E-state index < -0.39 is 55.4 Å². The first-order chi connectivity index (χ1) is 15.2. The number of nitrogens with zero attached hydrogens (tertiary/aromatic N) is 2. The molecule has 2 heterocycles. The van der Waals surface area contributed by atoms with Gasteiger partial charge in [-0.15, -0.1) is 11.3 Å². The molecule has 1 aromatic carbocycles. The molecule has 1 N–H and O–H groups in total. The first kappa shape index (κ1) is 24.8. The van der Waals surface area contributed by atoms with Crippen LogP contribution in [0.2, 0.25) is 0 Å². The summed E-state index contributed by atoms with van der Waals surface area (Å²) in [7, 11) is -4.98. The van der Waals surface area contributed by atoms with Crippen molar-refractivity contribution in [3.63, 3.8) is 0 Å². The number of benzene rings is 1. The monoisotopic (exact) mass is 517 g/mol. The van der Waals surface area contributed by atoms with Crippen LogP contribution >= 0.6 is 11.3 Å². The van der Waals surface area contributed by atoms with Crippen molar-refractivity contribution in [2.24, 2.45) is 0 Å². The van der Waals surface area contributed by atoms with Crippen molar-refractivity contribution in [3.05, 3.63) is 40.4 Å². The third-order valence-corrected chi connectivity index (χ3v) is 6.74. The first-order valence-corrected chi connectivity index (χ1v) is 11.2. The molecule has 0 atom stereocenters. The molecule has 8 nitrogen and oxygen atoms in total. The number of hydrogen-bond acceptors (Lipinski definition) is 7. The highest BCUT2D eigenvalue weighted by molar-refractivity contribution is 7.93. The van der Waals surface area contributed by atoms with Crippen LogP contribution in [0.4, 0.5) is 31.5 Å². The van der Waals surface area contributed by atoms with E-state index in [1.165, 1.54) is 4.90 Å². The Morgan fingerprint density at radius 1 is 1.18 bits per heavy atom. The minimum absolute atomic E-state index is 0.0208. The Labute approximate surface area is 186 Å². The number of ether oxygens (including phenoxy) is 1. The highest BCUT2D eigenvalue weighted by Gasteiger charge is 2.41. The number of anilines is 1. The van der Waals surface area contributed by atoms with Crippen LogP contribution in [-0.2, 0) is 43.1 Å². The summed E-state index contributed by atoms with van der Waals surface area (Å²) in [6.07, 6.45) is -9.65. The average Bonchev–Trinajstić information content (AvgIpc) is 3.12. The number of alkyl halides is 6. The zero-order valence-corrected chi connectivity index (χ0v) is 17.8. The number of esters is 1. The molecule has 1 aliphatic rings. The van der Waals surface area contributed by atoms with E-state index in [-0.39, 0.29) is 49.2 Å². The summed E-state index contributed by atoms with van der Waals surface area (Å²) in [5.41, 5.74) is -3.65. The highest BCUT2D eigenvalue weighted by atomic mass is 32.2. The maximum Gasteiger partial charge on any atom is 0.417 e. The molecule has 1 fully saturated rings. The van der Waals surface area contributed by atoms with Crippen molar-refractivity contribution < 1.29 is 49.1 Å². The highest BCUT2D eigenvalue weighted by Crippen LogP contribution is 2.39. The lowest BCUT2D eigenvalue weighted by molar-refractivity contribution is -0.156. The van der Waals surface area contributed by atoms with E-state index in [1.807, 2.05) is 0 Å². The van der Waals surface area contributed by atoms with E-state index in [2.05, 4.69) is 4.98 Å². The predicted octanol–water partition coefficient (Wildman–Crippen LogP) is 2.91. The Hall–Kier alpha value is -2.88. The Bertz CT molecular complexity index is 1180. The van der Waals surface area contributed by atoms with Gasteiger partial charge in [-0.2, -0.15) is 26.3 Å². The second-order valence-electron chi connectivity index (χ2n) is 6.66. The Balaban J connectivity index is 1.81. The van der Waals surface area contributed by atoms with Gasteiger partial charge in [-0.1, -0.05) is 0 Å². The molecule has 0 aliphatic carbocycles. The van der Waals surface area contributed by atoms with Gasteiger partial charge in [-0.05, 0) is 18.2 Å². The average molecular weight is 517 g/mol. The van der Waals surface area contributed by atoms with Crippen LogP contribution in [0.15, 0.2) is 29.3 Å². The Morgan fingerprint density at radius 3 is 2.48 bits per heavy atom. The van der Waals surface area contributed by atoms with Gasteiger partial charge >= 0.3 is 18.3 Å². The van der Waals surface area contributed by atoms with E-state index in [0.717, 1.165) is 6.20 Å². The minimum Gasteiger partial charge on any atom is -0.462 e. The fraction of sp³-hybridized carbons (Fsp3) is 0.353. The number of aromatic nitrogens is 1. The number of amides is 1. The number of rotatable bonds is 5. The Kier molecular flexibility index (Phi) is 6.61. The number of sulfonamides is 1. The van der Waals surface area contributed by atoms with Crippen LogP contribution in [0.25, 0.3) is 0 Å². The number of carbonyl (C=O) groups excluding carboxylic acids is 2. The van der Waals surface area contributed by atoms with Crippen molar-refractivity contribution >= 4 is 38.4 Å². The van der Waals surface area contributed by atoms with Gasteiger partial charge in [0, 0.05) is 11.1 Å². The number of morpholine rings is 1. The van der Waals surface area contributed by atoms with E-state index in [4.69, 9.17) is 4.74 Å². The summed E-state index contributed by atoms with van der Waals surface area (Å²) in [5.74, 6) is -1.07. The molecule has 1 aromatic heterocycles. The number of halogens is 6. The second kappa shape index (κ2) is 8.81. The second-order valence-corrected chi connectivity index (χ2v) is 9.42. The molecule has 0 unspecified atom stereocenters. The van der Waals surface area contributed by atoms with Crippen molar-refractivity contribution in [3.8, 4) is 0 Å². The van der Waals surface area contributed by atoms with Gasteiger partial charge < -0.3 is 9.64 Å². The molecule has 0 saturated carbocycles. The largest absolute Gasteiger partial charge is 0.462 e. The molecular weight excluding hydrogens is 504 g/mol. The van der Waals surface area contributed by atoms with Gasteiger partial charge in [0.15, 0.2) is 5.13 Å². The fourth-order valence-corrected chi connectivity index (χ4v) is 5.05. The van der Waals surface area contributed by atoms with Gasteiger partial charge in [-0.3, -0.25) is 14.3 Å². The molecule has 0 radical (unpaired) electrons. The molecule has 16 heteroatoms. The van der Waals surface area contributed by atoms with Gasteiger partial charge in [0.05, 0.1) is 29.0 Å². The summed E-state index contributed by atoms with van der Waals surface area (Å²) >= 11 is 0.642. The van der Waals surface area contributed by atoms with Crippen molar-refractivity contribution in [1.29, 1.82) is 0 Å². The third kappa shape index (κ3) is 5.93. The molecular formula is C17H13F6N3O5S2. The van der Waals surface area contributed by atoms with Gasteiger partial charge in [0.1, 0.15) is 13.2 Å². The number of hydrogen-bond donors (Lipinski definition) is 1. The van der Waals surface area contributed by atoms with Crippen LogP contribution < -0.4 is 4.72 Å².